The molecule has 2 heterocycles. The van der Waals surface area contributed by atoms with Gasteiger partial charge in [-0.2, -0.15) is 13.2 Å². The van der Waals surface area contributed by atoms with E-state index in [-0.39, 0.29) is 43.0 Å². The molecule has 2 aromatic rings. The van der Waals surface area contributed by atoms with Crippen molar-refractivity contribution < 1.29 is 32.3 Å². The summed E-state index contributed by atoms with van der Waals surface area (Å²) in [5.74, 6) is -1.11. The third kappa shape index (κ3) is 6.38. The van der Waals surface area contributed by atoms with Gasteiger partial charge in [0.1, 0.15) is 5.60 Å². The number of piperidine rings is 1. The highest BCUT2D eigenvalue weighted by Crippen LogP contribution is 2.52. The zero-order valence-electron chi connectivity index (χ0n) is 24.1. The van der Waals surface area contributed by atoms with Crippen molar-refractivity contribution in [3.8, 4) is 0 Å². The maximum absolute atomic E-state index is 14.2. The van der Waals surface area contributed by atoms with Crippen LogP contribution in [-0.2, 0) is 28.8 Å². The number of nitrogens with one attached hydrogen (secondary N) is 2. The van der Waals surface area contributed by atoms with Crippen LogP contribution in [0.1, 0.15) is 76.2 Å². The predicted molar refractivity (Wildman–Crippen MR) is 146 cm³/mol. The van der Waals surface area contributed by atoms with E-state index in [1.165, 1.54) is 9.13 Å². The third-order valence-corrected chi connectivity index (χ3v) is 7.76. The third-order valence-electron chi connectivity index (χ3n) is 7.76. The van der Waals surface area contributed by atoms with Gasteiger partial charge in [-0.25, -0.2) is 9.59 Å². The van der Waals surface area contributed by atoms with Crippen molar-refractivity contribution in [1.82, 2.24) is 24.7 Å². The average Bonchev–Trinajstić information content (AvgIpc) is 3.45. The van der Waals surface area contributed by atoms with Crippen molar-refractivity contribution in [3.05, 3.63) is 33.7 Å². The molecule has 1 saturated carbocycles. The molecule has 1 aromatic carbocycles. The number of likely N-dealkylation sites (tertiary alicyclic amines) is 1. The average molecular weight is 582 g/mol. The molecular weight excluding hydrogens is 543 g/mol. The zero-order chi connectivity index (χ0) is 30.3. The second-order valence-electron chi connectivity index (χ2n) is 11.9. The maximum Gasteiger partial charge on any atom is 0.417 e. The van der Waals surface area contributed by atoms with Gasteiger partial charge in [-0.3, -0.25) is 18.7 Å². The Morgan fingerprint density at radius 3 is 2.39 bits per heavy atom. The summed E-state index contributed by atoms with van der Waals surface area (Å²) < 4.78 is 50.6. The van der Waals surface area contributed by atoms with Crippen molar-refractivity contribution in [2.45, 2.75) is 91.2 Å². The molecule has 3 amide bonds. The van der Waals surface area contributed by atoms with Gasteiger partial charge < -0.3 is 20.3 Å². The van der Waals surface area contributed by atoms with Gasteiger partial charge in [0, 0.05) is 50.6 Å². The number of fused-ring (bicyclic) bond motifs is 1. The summed E-state index contributed by atoms with van der Waals surface area (Å²) in [6, 6.07) is 1.57. The molecule has 226 valence electrons. The number of benzene rings is 1. The molecule has 13 heteroatoms. The second kappa shape index (κ2) is 11.1. The Hall–Kier alpha value is -3.51. The Bertz CT molecular complexity index is 1410. The van der Waals surface area contributed by atoms with E-state index < -0.39 is 52.1 Å². The van der Waals surface area contributed by atoms with E-state index in [9.17, 15) is 32.3 Å². The molecule has 0 bridgehead atoms. The van der Waals surface area contributed by atoms with Crippen molar-refractivity contribution >= 4 is 28.9 Å². The molecule has 1 saturated heterocycles. The lowest BCUT2D eigenvalue weighted by molar-refractivity contribution is -0.137. The molecule has 4 rings (SSSR count). The molecule has 2 aliphatic rings. The number of amides is 3. The first-order chi connectivity index (χ1) is 19.1. The Morgan fingerprint density at radius 1 is 1.10 bits per heavy atom. The summed E-state index contributed by atoms with van der Waals surface area (Å²) in [5, 5.41) is 5.43. The molecule has 10 nitrogen and oxygen atoms in total. The van der Waals surface area contributed by atoms with E-state index in [0.29, 0.717) is 25.9 Å². The standard InChI is InChI=1S/C28H38F3N5O5/c1-6-22(37)32-10-12-36-19-13-17(18(28(29,30)31)14-20(19)35(7-2)24(36)39)23(38)33-21-15-27(21)9-8-11-34(16-27)25(40)41-26(3,4)5/h13-14,21H,6-12,15-16H2,1-5H3,(H,32,37)(H,33,38). The van der Waals surface area contributed by atoms with Gasteiger partial charge in [0.05, 0.1) is 22.2 Å². The van der Waals surface area contributed by atoms with E-state index in [0.717, 1.165) is 18.6 Å². The minimum atomic E-state index is -4.84. The highest BCUT2D eigenvalue weighted by Gasteiger charge is 2.57. The van der Waals surface area contributed by atoms with Gasteiger partial charge in [0.25, 0.3) is 5.91 Å². The number of carbonyl (C=O) groups is 3. The van der Waals surface area contributed by atoms with Crippen LogP contribution in [0.5, 0.6) is 0 Å². The summed E-state index contributed by atoms with van der Waals surface area (Å²) in [6.45, 7) is 9.78. The van der Waals surface area contributed by atoms with Crippen LogP contribution in [0.4, 0.5) is 18.0 Å². The van der Waals surface area contributed by atoms with Crippen molar-refractivity contribution in [3.63, 3.8) is 0 Å². The van der Waals surface area contributed by atoms with Gasteiger partial charge in [0.2, 0.25) is 5.91 Å². The number of carbonyl (C=O) groups excluding carboxylic acids is 3. The molecule has 41 heavy (non-hydrogen) atoms. The predicted octanol–water partition coefficient (Wildman–Crippen LogP) is 3.89. The minimum Gasteiger partial charge on any atom is -0.444 e. The number of nitrogens with zero attached hydrogens (tertiary/aromatic N) is 3. The summed E-state index contributed by atoms with van der Waals surface area (Å²) in [4.78, 5) is 52.3. The number of hydrogen-bond acceptors (Lipinski definition) is 5. The lowest BCUT2D eigenvalue weighted by Gasteiger charge is -2.35. The first-order valence-electron chi connectivity index (χ1n) is 14.0. The fourth-order valence-corrected chi connectivity index (χ4v) is 5.62. The van der Waals surface area contributed by atoms with Crippen LogP contribution < -0.4 is 16.3 Å². The van der Waals surface area contributed by atoms with Crippen LogP contribution >= 0.6 is 0 Å². The quantitative estimate of drug-likeness (QED) is 0.515. The van der Waals surface area contributed by atoms with Crippen molar-refractivity contribution in [2.24, 2.45) is 5.41 Å². The van der Waals surface area contributed by atoms with E-state index in [4.69, 9.17) is 4.74 Å². The number of rotatable bonds is 7. The highest BCUT2D eigenvalue weighted by atomic mass is 19.4. The smallest absolute Gasteiger partial charge is 0.417 e. The van der Waals surface area contributed by atoms with E-state index in [1.54, 1.807) is 39.5 Å². The van der Waals surface area contributed by atoms with E-state index in [1.807, 2.05) is 0 Å². The maximum atomic E-state index is 14.2. The molecule has 2 atom stereocenters. The Labute approximate surface area is 236 Å². The van der Waals surface area contributed by atoms with E-state index >= 15 is 0 Å². The summed E-state index contributed by atoms with van der Waals surface area (Å²) in [6.07, 6.45) is -3.08. The van der Waals surface area contributed by atoms with Crippen LogP contribution in [0.25, 0.3) is 11.0 Å². The normalized spacial score (nSPS) is 20.8. The van der Waals surface area contributed by atoms with Crippen molar-refractivity contribution in [2.75, 3.05) is 19.6 Å². The SMILES string of the molecule is CCC(=O)NCCn1c(=O)n(CC)c2cc(C(F)(F)F)c(C(=O)NC3CC34CCCN(C(=O)OC(C)(C)C)C4)cc21. The Morgan fingerprint density at radius 2 is 1.78 bits per heavy atom. The van der Waals surface area contributed by atoms with E-state index in [2.05, 4.69) is 10.6 Å². The fraction of sp³-hybridized carbons (Fsp3) is 0.643. The zero-order valence-corrected chi connectivity index (χ0v) is 24.1. The summed E-state index contributed by atoms with van der Waals surface area (Å²) >= 11 is 0. The molecule has 0 radical (unpaired) electrons. The number of aryl methyl sites for hydroxylation is 1. The molecule has 1 aliphatic heterocycles. The molecule has 2 N–H and O–H groups in total. The monoisotopic (exact) mass is 581 g/mol. The number of imidazole rings is 1. The summed E-state index contributed by atoms with van der Waals surface area (Å²) in [7, 11) is 0. The van der Waals surface area contributed by atoms with Gasteiger partial charge in [-0.15, -0.1) is 0 Å². The molecule has 1 spiro atoms. The second-order valence-corrected chi connectivity index (χ2v) is 11.9. The first kappa shape index (κ1) is 30.4. The summed E-state index contributed by atoms with van der Waals surface area (Å²) in [5.41, 5.74) is -3.07. The van der Waals surface area contributed by atoms with Crippen LogP contribution in [0.3, 0.4) is 0 Å². The first-order valence-corrected chi connectivity index (χ1v) is 14.0. The molecular formula is C28H38F3N5O5. The number of ether oxygens (including phenoxy) is 1. The van der Waals surface area contributed by atoms with Crippen LogP contribution in [0.2, 0.25) is 0 Å². The van der Waals surface area contributed by atoms with Gasteiger partial charge in [-0.05, 0) is 59.1 Å². The topological polar surface area (TPSA) is 115 Å². The lowest BCUT2D eigenvalue weighted by Crippen LogP contribution is -2.46. The Balaban J connectivity index is 1.61. The Kier molecular flexibility index (Phi) is 8.21. The number of aromatic nitrogens is 2. The minimum absolute atomic E-state index is 0.0345. The van der Waals surface area contributed by atoms with Crippen LogP contribution in [-0.4, -0.2) is 63.2 Å². The molecule has 1 aromatic heterocycles. The van der Waals surface area contributed by atoms with Gasteiger partial charge in [0.15, 0.2) is 0 Å². The van der Waals surface area contributed by atoms with Crippen LogP contribution in [0.15, 0.2) is 16.9 Å². The van der Waals surface area contributed by atoms with Gasteiger partial charge >= 0.3 is 18.0 Å². The molecule has 2 unspecified atom stereocenters. The number of hydrogen-bond donors (Lipinski definition) is 2. The largest absolute Gasteiger partial charge is 0.444 e. The van der Waals surface area contributed by atoms with Crippen LogP contribution in [0, 0.1) is 5.41 Å². The van der Waals surface area contributed by atoms with Crippen molar-refractivity contribution in [1.29, 1.82) is 0 Å². The fourth-order valence-electron chi connectivity index (χ4n) is 5.62. The van der Waals surface area contributed by atoms with Gasteiger partial charge in [-0.1, -0.05) is 6.92 Å². The highest BCUT2D eigenvalue weighted by molar-refractivity contribution is 6.00. The number of halogens is 3. The number of alkyl halides is 3. The lowest BCUT2D eigenvalue weighted by atomic mass is 9.94. The molecule has 1 aliphatic carbocycles. The molecule has 2 fully saturated rings.